The van der Waals surface area contributed by atoms with E-state index in [2.05, 4.69) is 11.4 Å². The summed E-state index contributed by atoms with van der Waals surface area (Å²) >= 11 is 0. The lowest BCUT2D eigenvalue weighted by molar-refractivity contribution is -0.137. The van der Waals surface area contributed by atoms with E-state index in [1.54, 1.807) is 6.07 Å². The second-order valence-electron chi connectivity index (χ2n) is 6.09. The SMILES string of the molecule is O=C(Cc1cccc(C(F)(F)F)c1)N[C@H]1CCCc2ccccc21. The number of aryl methyl sites for hydroxylation is 1. The molecule has 0 heterocycles. The van der Waals surface area contributed by atoms with Crippen LogP contribution in [0.3, 0.4) is 0 Å². The molecule has 0 spiro atoms. The van der Waals surface area contributed by atoms with Crippen LogP contribution < -0.4 is 5.32 Å². The molecule has 0 fully saturated rings. The molecule has 1 aliphatic rings. The molecule has 0 radical (unpaired) electrons. The molecule has 2 nitrogen and oxygen atoms in total. The zero-order chi connectivity index (χ0) is 17.2. The number of hydrogen-bond donors (Lipinski definition) is 1. The summed E-state index contributed by atoms with van der Waals surface area (Å²) in [6, 6.07) is 12.8. The van der Waals surface area contributed by atoms with E-state index in [0.29, 0.717) is 5.56 Å². The largest absolute Gasteiger partial charge is 0.416 e. The predicted molar refractivity (Wildman–Crippen MR) is 85.4 cm³/mol. The summed E-state index contributed by atoms with van der Waals surface area (Å²) in [5, 5.41) is 2.96. The van der Waals surface area contributed by atoms with Crippen molar-refractivity contribution in [3.63, 3.8) is 0 Å². The first kappa shape index (κ1) is 16.6. The Morgan fingerprint density at radius 1 is 1.12 bits per heavy atom. The molecule has 24 heavy (non-hydrogen) atoms. The topological polar surface area (TPSA) is 29.1 Å². The van der Waals surface area contributed by atoms with E-state index in [-0.39, 0.29) is 18.4 Å². The molecule has 5 heteroatoms. The van der Waals surface area contributed by atoms with Crippen LogP contribution in [-0.4, -0.2) is 5.91 Å². The molecule has 2 aromatic rings. The van der Waals surface area contributed by atoms with Crippen LogP contribution in [0.25, 0.3) is 0 Å². The third-order valence-electron chi connectivity index (χ3n) is 4.32. The summed E-state index contributed by atoms with van der Waals surface area (Å²) in [4.78, 5) is 12.3. The molecular formula is C19H18F3NO. The molecule has 1 atom stereocenters. The molecule has 0 saturated carbocycles. The quantitative estimate of drug-likeness (QED) is 0.884. The fourth-order valence-electron chi connectivity index (χ4n) is 3.19. The summed E-state index contributed by atoms with van der Waals surface area (Å²) in [5.41, 5.74) is 1.98. The molecule has 3 rings (SSSR count). The maximum absolute atomic E-state index is 12.7. The van der Waals surface area contributed by atoms with Gasteiger partial charge in [0.25, 0.3) is 0 Å². The maximum Gasteiger partial charge on any atom is 0.416 e. The smallest absolute Gasteiger partial charge is 0.349 e. The minimum absolute atomic E-state index is 0.0530. The average Bonchev–Trinajstić information content (AvgIpc) is 2.54. The van der Waals surface area contributed by atoms with E-state index >= 15 is 0 Å². The number of hydrogen-bond acceptors (Lipinski definition) is 1. The van der Waals surface area contributed by atoms with E-state index in [4.69, 9.17) is 0 Å². The lowest BCUT2D eigenvalue weighted by Gasteiger charge is -2.26. The minimum atomic E-state index is -4.39. The van der Waals surface area contributed by atoms with Crippen molar-refractivity contribution >= 4 is 5.91 Å². The summed E-state index contributed by atoms with van der Waals surface area (Å²) in [7, 11) is 0. The van der Waals surface area contributed by atoms with E-state index < -0.39 is 11.7 Å². The Hall–Kier alpha value is -2.30. The molecule has 0 aliphatic heterocycles. The van der Waals surface area contributed by atoms with Crippen molar-refractivity contribution in [1.82, 2.24) is 5.32 Å². The van der Waals surface area contributed by atoms with Gasteiger partial charge in [0.15, 0.2) is 0 Å². The minimum Gasteiger partial charge on any atom is -0.349 e. The zero-order valence-corrected chi connectivity index (χ0v) is 13.1. The zero-order valence-electron chi connectivity index (χ0n) is 13.1. The van der Waals surface area contributed by atoms with Gasteiger partial charge in [-0.1, -0.05) is 42.5 Å². The van der Waals surface area contributed by atoms with E-state index in [9.17, 15) is 18.0 Å². The monoisotopic (exact) mass is 333 g/mol. The van der Waals surface area contributed by atoms with Gasteiger partial charge < -0.3 is 5.32 Å². The molecule has 0 bridgehead atoms. The molecule has 0 saturated heterocycles. The number of alkyl halides is 3. The van der Waals surface area contributed by atoms with Crippen molar-refractivity contribution in [3.8, 4) is 0 Å². The van der Waals surface area contributed by atoms with Crippen LogP contribution in [0.1, 0.15) is 41.1 Å². The molecule has 1 amide bonds. The number of carbonyl (C=O) groups excluding carboxylic acids is 1. The standard InChI is InChI=1S/C19H18F3NO/c20-19(21,22)15-8-3-5-13(11-15)12-18(24)23-17-10-4-7-14-6-1-2-9-16(14)17/h1-3,5-6,8-9,11,17H,4,7,10,12H2,(H,23,24)/t17-/m0/s1. The highest BCUT2D eigenvalue weighted by molar-refractivity contribution is 5.79. The molecule has 1 aliphatic carbocycles. The number of carbonyl (C=O) groups is 1. The Labute approximate surface area is 138 Å². The highest BCUT2D eigenvalue weighted by Crippen LogP contribution is 2.31. The molecule has 0 aromatic heterocycles. The Morgan fingerprint density at radius 2 is 1.92 bits per heavy atom. The van der Waals surface area contributed by atoms with E-state index in [1.807, 2.05) is 18.2 Å². The van der Waals surface area contributed by atoms with Crippen molar-refractivity contribution in [3.05, 3.63) is 70.8 Å². The summed E-state index contributed by atoms with van der Waals surface area (Å²) in [5.74, 6) is -0.254. The predicted octanol–water partition coefficient (Wildman–Crippen LogP) is 4.44. The lowest BCUT2D eigenvalue weighted by atomic mass is 9.87. The Bertz CT molecular complexity index is 739. The Balaban J connectivity index is 1.69. The lowest BCUT2D eigenvalue weighted by Crippen LogP contribution is -2.32. The number of nitrogens with one attached hydrogen (secondary N) is 1. The number of benzene rings is 2. The molecule has 2 aromatic carbocycles. The van der Waals surface area contributed by atoms with Gasteiger partial charge in [-0.25, -0.2) is 0 Å². The van der Waals surface area contributed by atoms with E-state index in [1.165, 1.54) is 11.6 Å². The molecule has 126 valence electrons. The van der Waals surface area contributed by atoms with Gasteiger partial charge in [-0.3, -0.25) is 4.79 Å². The van der Waals surface area contributed by atoms with Gasteiger partial charge in [-0.05, 0) is 42.0 Å². The van der Waals surface area contributed by atoms with Gasteiger partial charge in [0.1, 0.15) is 0 Å². The number of amides is 1. The first-order valence-electron chi connectivity index (χ1n) is 7.97. The average molecular weight is 333 g/mol. The number of halogens is 3. The first-order chi connectivity index (χ1) is 11.4. The molecule has 0 unspecified atom stereocenters. The Morgan fingerprint density at radius 3 is 2.71 bits per heavy atom. The van der Waals surface area contributed by atoms with Crippen LogP contribution in [0.5, 0.6) is 0 Å². The first-order valence-corrected chi connectivity index (χ1v) is 7.97. The van der Waals surface area contributed by atoms with Crippen molar-refractivity contribution in [2.75, 3.05) is 0 Å². The van der Waals surface area contributed by atoms with Crippen molar-refractivity contribution < 1.29 is 18.0 Å². The fourth-order valence-corrected chi connectivity index (χ4v) is 3.19. The number of rotatable bonds is 3. The second-order valence-corrected chi connectivity index (χ2v) is 6.09. The van der Waals surface area contributed by atoms with Gasteiger partial charge in [0, 0.05) is 0 Å². The summed E-state index contributed by atoms with van der Waals surface area (Å²) in [6.45, 7) is 0. The summed E-state index contributed by atoms with van der Waals surface area (Å²) in [6.07, 6.45) is -1.61. The van der Waals surface area contributed by atoms with Gasteiger partial charge >= 0.3 is 6.18 Å². The Kier molecular flexibility index (Phi) is 4.60. The van der Waals surface area contributed by atoms with Crippen LogP contribution in [0.4, 0.5) is 13.2 Å². The van der Waals surface area contributed by atoms with Gasteiger partial charge in [0.05, 0.1) is 18.0 Å². The normalized spacial score (nSPS) is 17.2. The third-order valence-corrected chi connectivity index (χ3v) is 4.32. The number of fused-ring (bicyclic) bond motifs is 1. The summed E-state index contributed by atoms with van der Waals surface area (Å²) < 4.78 is 38.2. The van der Waals surface area contributed by atoms with Gasteiger partial charge in [-0.2, -0.15) is 13.2 Å². The van der Waals surface area contributed by atoms with E-state index in [0.717, 1.165) is 37.0 Å². The third kappa shape index (κ3) is 3.78. The van der Waals surface area contributed by atoms with Crippen LogP contribution in [0, 0.1) is 0 Å². The highest BCUT2D eigenvalue weighted by Gasteiger charge is 2.30. The molecular weight excluding hydrogens is 315 g/mol. The van der Waals surface area contributed by atoms with Crippen LogP contribution >= 0.6 is 0 Å². The second kappa shape index (κ2) is 6.67. The van der Waals surface area contributed by atoms with Crippen molar-refractivity contribution in [1.29, 1.82) is 0 Å². The maximum atomic E-state index is 12.7. The highest BCUT2D eigenvalue weighted by atomic mass is 19.4. The molecule has 1 N–H and O–H groups in total. The van der Waals surface area contributed by atoms with Crippen LogP contribution in [-0.2, 0) is 23.8 Å². The van der Waals surface area contributed by atoms with Crippen molar-refractivity contribution in [2.24, 2.45) is 0 Å². The van der Waals surface area contributed by atoms with Crippen LogP contribution in [0.2, 0.25) is 0 Å². The van der Waals surface area contributed by atoms with Crippen molar-refractivity contribution in [2.45, 2.75) is 37.9 Å². The fraction of sp³-hybridized carbons (Fsp3) is 0.316. The van der Waals surface area contributed by atoms with Gasteiger partial charge in [0.2, 0.25) is 5.91 Å². The van der Waals surface area contributed by atoms with Crippen LogP contribution in [0.15, 0.2) is 48.5 Å². The van der Waals surface area contributed by atoms with Gasteiger partial charge in [-0.15, -0.1) is 0 Å².